The van der Waals surface area contributed by atoms with Crippen molar-refractivity contribution >= 4 is 15.9 Å². The van der Waals surface area contributed by atoms with Gasteiger partial charge in [0.15, 0.2) is 0 Å². The molecule has 1 rings (SSSR count). The van der Waals surface area contributed by atoms with Gasteiger partial charge in [-0.05, 0) is 52.1 Å². The molecule has 0 radical (unpaired) electrons. The van der Waals surface area contributed by atoms with Crippen LogP contribution in [-0.2, 0) is 10.0 Å². The Morgan fingerprint density at radius 2 is 1.71 bits per heavy atom. The van der Waals surface area contributed by atoms with E-state index in [4.69, 9.17) is 0 Å². The van der Waals surface area contributed by atoms with Crippen LogP contribution >= 0.6 is 0 Å². The summed E-state index contributed by atoms with van der Waals surface area (Å²) in [4.78, 5) is 12.0. The van der Waals surface area contributed by atoms with Crippen LogP contribution in [0, 0.1) is 0 Å². The SMILES string of the molecule is CNC(C)CNC(=O)c1ccc(S(=O)(=O)NC(C)C)cc1. The third-order valence-electron chi connectivity index (χ3n) is 2.88. The normalized spacial score (nSPS) is 13.2. The molecule has 0 saturated heterocycles. The molecule has 1 unspecified atom stereocenters. The fourth-order valence-electron chi connectivity index (χ4n) is 1.61. The Morgan fingerprint density at radius 3 is 2.19 bits per heavy atom. The standard InChI is InChI=1S/C14H23N3O3S/c1-10(2)17-21(19,20)13-7-5-12(6-8-13)14(18)16-9-11(3)15-4/h5-8,10-11,15,17H,9H2,1-4H3,(H,16,18). The minimum Gasteiger partial charge on any atom is -0.350 e. The number of sulfonamides is 1. The van der Waals surface area contributed by atoms with Crippen molar-refractivity contribution < 1.29 is 13.2 Å². The Bertz CT molecular complexity index is 568. The van der Waals surface area contributed by atoms with E-state index in [-0.39, 0.29) is 22.9 Å². The van der Waals surface area contributed by atoms with E-state index in [1.165, 1.54) is 24.3 Å². The van der Waals surface area contributed by atoms with E-state index in [0.717, 1.165) is 0 Å². The van der Waals surface area contributed by atoms with Crippen molar-refractivity contribution in [3.63, 3.8) is 0 Å². The highest BCUT2D eigenvalue weighted by Crippen LogP contribution is 2.11. The van der Waals surface area contributed by atoms with Gasteiger partial charge < -0.3 is 10.6 Å². The molecule has 1 aromatic rings. The molecule has 1 atom stereocenters. The number of carbonyl (C=O) groups excluding carboxylic acids is 1. The number of hydrogen-bond donors (Lipinski definition) is 3. The van der Waals surface area contributed by atoms with Crippen molar-refractivity contribution in [2.75, 3.05) is 13.6 Å². The molecule has 21 heavy (non-hydrogen) atoms. The number of likely N-dealkylation sites (N-methyl/N-ethyl adjacent to an activating group) is 1. The molecule has 0 aliphatic heterocycles. The van der Waals surface area contributed by atoms with Crippen LogP contribution in [0.5, 0.6) is 0 Å². The molecule has 118 valence electrons. The third kappa shape index (κ3) is 5.45. The summed E-state index contributed by atoms with van der Waals surface area (Å²) in [6.45, 7) is 5.96. The maximum Gasteiger partial charge on any atom is 0.251 e. The number of carbonyl (C=O) groups is 1. The smallest absolute Gasteiger partial charge is 0.251 e. The summed E-state index contributed by atoms with van der Waals surface area (Å²) in [5.74, 6) is -0.224. The van der Waals surface area contributed by atoms with E-state index >= 15 is 0 Å². The molecule has 0 heterocycles. The molecule has 1 amide bonds. The van der Waals surface area contributed by atoms with E-state index < -0.39 is 10.0 Å². The van der Waals surface area contributed by atoms with Gasteiger partial charge in [-0.1, -0.05) is 0 Å². The predicted octanol–water partition coefficient (Wildman–Crippen LogP) is 0.711. The molecule has 1 aromatic carbocycles. The number of hydrogen-bond acceptors (Lipinski definition) is 4. The molecule has 0 saturated carbocycles. The highest BCUT2D eigenvalue weighted by molar-refractivity contribution is 7.89. The molecule has 0 aliphatic carbocycles. The minimum atomic E-state index is -3.52. The average molecular weight is 313 g/mol. The van der Waals surface area contributed by atoms with E-state index in [9.17, 15) is 13.2 Å². The summed E-state index contributed by atoms with van der Waals surface area (Å²) >= 11 is 0. The van der Waals surface area contributed by atoms with Gasteiger partial charge in [0.1, 0.15) is 0 Å². The van der Waals surface area contributed by atoms with Crippen LogP contribution in [0.2, 0.25) is 0 Å². The zero-order chi connectivity index (χ0) is 16.0. The van der Waals surface area contributed by atoms with Crippen molar-refractivity contribution in [2.24, 2.45) is 0 Å². The summed E-state index contributed by atoms with van der Waals surface area (Å²) < 4.78 is 26.4. The van der Waals surface area contributed by atoms with Crippen LogP contribution in [0.4, 0.5) is 0 Å². The van der Waals surface area contributed by atoms with Crippen molar-refractivity contribution in [2.45, 2.75) is 37.8 Å². The van der Waals surface area contributed by atoms with Gasteiger partial charge in [-0.15, -0.1) is 0 Å². The molecule has 0 bridgehead atoms. The van der Waals surface area contributed by atoms with Gasteiger partial charge in [-0.3, -0.25) is 4.79 Å². The lowest BCUT2D eigenvalue weighted by molar-refractivity contribution is 0.0950. The quantitative estimate of drug-likeness (QED) is 0.692. The summed E-state index contributed by atoms with van der Waals surface area (Å²) in [5.41, 5.74) is 0.432. The van der Waals surface area contributed by atoms with Gasteiger partial charge in [0.05, 0.1) is 4.90 Å². The monoisotopic (exact) mass is 313 g/mol. The van der Waals surface area contributed by atoms with E-state index in [2.05, 4.69) is 15.4 Å². The van der Waals surface area contributed by atoms with Crippen LogP contribution in [0.3, 0.4) is 0 Å². The van der Waals surface area contributed by atoms with Crippen molar-refractivity contribution in [1.82, 2.24) is 15.4 Å². The maximum atomic E-state index is 12.0. The first-order valence-electron chi connectivity index (χ1n) is 6.84. The number of rotatable bonds is 7. The molecule has 0 aliphatic rings. The number of benzene rings is 1. The summed E-state index contributed by atoms with van der Waals surface area (Å²) in [7, 11) is -1.71. The lowest BCUT2D eigenvalue weighted by Gasteiger charge is -2.12. The highest BCUT2D eigenvalue weighted by Gasteiger charge is 2.16. The van der Waals surface area contributed by atoms with Crippen LogP contribution in [0.25, 0.3) is 0 Å². The van der Waals surface area contributed by atoms with Gasteiger partial charge >= 0.3 is 0 Å². The molecular formula is C14H23N3O3S. The fraction of sp³-hybridized carbons (Fsp3) is 0.500. The third-order valence-corrected chi connectivity index (χ3v) is 4.55. The first-order chi connectivity index (χ1) is 9.76. The molecule has 0 spiro atoms. The number of nitrogens with one attached hydrogen (secondary N) is 3. The van der Waals surface area contributed by atoms with Gasteiger partial charge in [0.2, 0.25) is 10.0 Å². The second kappa shape index (κ2) is 7.53. The first kappa shape index (κ1) is 17.6. The van der Waals surface area contributed by atoms with E-state index in [1.807, 2.05) is 14.0 Å². The predicted molar refractivity (Wildman–Crippen MR) is 82.8 cm³/mol. The van der Waals surface area contributed by atoms with Gasteiger partial charge in [0, 0.05) is 24.2 Å². The first-order valence-corrected chi connectivity index (χ1v) is 8.32. The maximum absolute atomic E-state index is 12.0. The minimum absolute atomic E-state index is 0.149. The topological polar surface area (TPSA) is 87.3 Å². The second-order valence-corrected chi connectivity index (χ2v) is 6.91. The van der Waals surface area contributed by atoms with Gasteiger partial charge in [-0.2, -0.15) is 0 Å². The zero-order valence-corrected chi connectivity index (χ0v) is 13.6. The Kier molecular flexibility index (Phi) is 6.32. The highest BCUT2D eigenvalue weighted by atomic mass is 32.2. The Labute approximate surface area is 126 Å². The molecule has 0 fully saturated rings. The Hall–Kier alpha value is -1.44. The molecule has 7 heteroatoms. The Balaban J connectivity index is 2.76. The van der Waals surface area contributed by atoms with Gasteiger partial charge in [-0.25, -0.2) is 13.1 Å². The van der Waals surface area contributed by atoms with Crippen molar-refractivity contribution in [1.29, 1.82) is 0 Å². The second-order valence-electron chi connectivity index (χ2n) is 5.20. The summed E-state index contributed by atoms with van der Waals surface area (Å²) in [6, 6.07) is 5.87. The molecule has 0 aromatic heterocycles. The fourth-order valence-corrected chi connectivity index (χ4v) is 2.86. The van der Waals surface area contributed by atoms with Crippen molar-refractivity contribution in [3.05, 3.63) is 29.8 Å². The van der Waals surface area contributed by atoms with Crippen LogP contribution in [-0.4, -0.2) is 40.0 Å². The Morgan fingerprint density at radius 1 is 1.14 bits per heavy atom. The summed E-state index contributed by atoms with van der Waals surface area (Å²) in [5, 5.41) is 5.79. The molecule has 6 nitrogen and oxygen atoms in total. The van der Waals surface area contributed by atoms with Crippen LogP contribution in [0.15, 0.2) is 29.2 Å². The molecule has 3 N–H and O–H groups in total. The number of amides is 1. The lowest BCUT2D eigenvalue weighted by atomic mass is 10.2. The van der Waals surface area contributed by atoms with Crippen LogP contribution < -0.4 is 15.4 Å². The van der Waals surface area contributed by atoms with E-state index in [1.54, 1.807) is 13.8 Å². The average Bonchev–Trinajstić information content (AvgIpc) is 2.43. The molecular weight excluding hydrogens is 290 g/mol. The largest absolute Gasteiger partial charge is 0.350 e. The van der Waals surface area contributed by atoms with Gasteiger partial charge in [0.25, 0.3) is 5.91 Å². The lowest BCUT2D eigenvalue weighted by Crippen LogP contribution is -2.37. The summed E-state index contributed by atoms with van der Waals surface area (Å²) in [6.07, 6.45) is 0. The van der Waals surface area contributed by atoms with E-state index in [0.29, 0.717) is 12.1 Å². The van der Waals surface area contributed by atoms with Crippen LogP contribution in [0.1, 0.15) is 31.1 Å². The zero-order valence-electron chi connectivity index (χ0n) is 12.8. The van der Waals surface area contributed by atoms with Crippen molar-refractivity contribution in [3.8, 4) is 0 Å².